The number of amides is 2. The van der Waals surface area contributed by atoms with Gasteiger partial charge >= 0.3 is 12.2 Å². The molecule has 1 aromatic carbocycles. The summed E-state index contributed by atoms with van der Waals surface area (Å²) in [5.74, 6) is 0. The van der Waals surface area contributed by atoms with Crippen molar-refractivity contribution < 1.29 is 31.2 Å². The molecule has 0 bridgehead atoms. The van der Waals surface area contributed by atoms with Crippen LogP contribution in [0.4, 0.5) is 23.7 Å². The zero-order valence-corrected chi connectivity index (χ0v) is 24.0. The van der Waals surface area contributed by atoms with Gasteiger partial charge in [-0.05, 0) is 30.7 Å². The van der Waals surface area contributed by atoms with Crippen molar-refractivity contribution in [2.45, 2.75) is 12.6 Å². The minimum Gasteiger partial charge on any atom is -0.396 e. The fourth-order valence-electron chi connectivity index (χ4n) is 4.32. The van der Waals surface area contributed by atoms with Crippen LogP contribution >= 0.6 is 0 Å². The Hall–Kier alpha value is -3.73. The SMILES string of the molecule is CN(C)S(=O)(=O)N1CCN(CCCO/N=C/c2ccn3c(-c4cccc(NC(=O)NCC(F)(F)F)c4)cnc3c2)CC1. The Balaban J connectivity index is 1.25. The molecule has 1 aliphatic heterocycles. The van der Waals surface area contributed by atoms with Crippen molar-refractivity contribution in [2.24, 2.45) is 5.16 Å². The van der Waals surface area contributed by atoms with Crippen molar-refractivity contribution in [3.05, 3.63) is 54.4 Å². The van der Waals surface area contributed by atoms with E-state index >= 15 is 0 Å². The highest BCUT2D eigenvalue weighted by Gasteiger charge is 2.29. The number of oxime groups is 1. The third-order valence-electron chi connectivity index (χ3n) is 6.51. The van der Waals surface area contributed by atoms with E-state index in [1.54, 1.807) is 42.0 Å². The molecule has 0 saturated carbocycles. The first kappa shape index (κ1) is 31.2. The lowest BCUT2D eigenvalue weighted by molar-refractivity contribution is -0.122. The molecule has 3 heterocycles. The van der Waals surface area contributed by atoms with Gasteiger partial charge in [0.1, 0.15) is 18.8 Å². The van der Waals surface area contributed by atoms with Gasteiger partial charge in [0.25, 0.3) is 10.2 Å². The normalized spacial score (nSPS) is 15.5. The van der Waals surface area contributed by atoms with Crippen molar-refractivity contribution in [2.75, 3.05) is 65.3 Å². The standard InChI is InChI=1S/C26H33F3N8O4S/c1-34(2)42(39,40)36-12-10-35(11-13-36)8-4-14-41-32-17-20-7-9-37-23(18-30-24(37)15-20)21-5-3-6-22(16-21)33-25(38)31-19-26(27,28)29/h3,5-7,9,15-18H,4,8,10-14,19H2,1-2H3,(H2,31,33,38)/b32-17+. The summed E-state index contributed by atoms with van der Waals surface area (Å²) < 4.78 is 66.0. The van der Waals surface area contributed by atoms with E-state index in [1.807, 2.05) is 22.7 Å². The first-order chi connectivity index (χ1) is 19.9. The summed E-state index contributed by atoms with van der Waals surface area (Å²) in [4.78, 5) is 23.8. The third kappa shape index (κ3) is 8.40. The molecule has 1 fully saturated rings. The molecule has 228 valence electrons. The van der Waals surface area contributed by atoms with Gasteiger partial charge < -0.3 is 20.4 Å². The molecule has 2 N–H and O–H groups in total. The van der Waals surface area contributed by atoms with Crippen molar-refractivity contribution in [1.29, 1.82) is 0 Å². The van der Waals surface area contributed by atoms with Gasteiger partial charge in [-0.15, -0.1) is 0 Å². The first-order valence-corrected chi connectivity index (χ1v) is 14.6. The topological polar surface area (TPSA) is 124 Å². The number of nitrogens with zero attached hydrogens (tertiary/aromatic N) is 6. The molecule has 0 spiro atoms. The molecule has 1 saturated heterocycles. The molecule has 42 heavy (non-hydrogen) atoms. The number of piperazine rings is 1. The maximum atomic E-state index is 12.3. The van der Waals surface area contributed by atoms with Gasteiger partial charge in [-0.2, -0.15) is 30.2 Å². The van der Waals surface area contributed by atoms with E-state index < -0.39 is 29.0 Å². The van der Waals surface area contributed by atoms with E-state index in [2.05, 4.69) is 20.4 Å². The second-order valence-electron chi connectivity index (χ2n) is 9.79. The van der Waals surface area contributed by atoms with Gasteiger partial charge in [0.15, 0.2) is 0 Å². The van der Waals surface area contributed by atoms with E-state index in [-0.39, 0.29) is 0 Å². The minimum absolute atomic E-state index is 0.336. The Morgan fingerprint density at radius 2 is 1.93 bits per heavy atom. The van der Waals surface area contributed by atoms with Crippen LogP contribution in [0.3, 0.4) is 0 Å². The van der Waals surface area contributed by atoms with Gasteiger partial charge in [0, 0.05) is 69.8 Å². The highest BCUT2D eigenvalue weighted by Crippen LogP contribution is 2.24. The minimum atomic E-state index is -4.50. The van der Waals surface area contributed by atoms with E-state index in [9.17, 15) is 26.4 Å². The predicted octanol–water partition coefficient (Wildman–Crippen LogP) is 2.85. The molecule has 0 unspecified atom stereocenters. The summed E-state index contributed by atoms with van der Waals surface area (Å²) in [6, 6.07) is 9.41. The molecule has 2 amide bonds. The molecule has 0 aliphatic carbocycles. The number of rotatable bonds is 11. The van der Waals surface area contributed by atoms with Crippen LogP contribution in [0, 0.1) is 0 Å². The van der Waals surface area contributed by atoms with Gasteiger partial charge in [-0.1, -0.05) is 17.3 Å². The van der Waals surface area contributed by atoms with Crippen LogP contribution in [-0.2, 0) is 15.0 Å². The molecular formula is C26H33F3N8O4S. The van der Waals surface area contributed by atoms with Gasteiger partial charge in [-0.25, -0.2) is 9.78 Å². The number of urea groups is 1. The molecule has 0 radical (unpaired) electrons. The second kappa shape index (κ2) is 13.5. The number of halogens is 3. The van der Waals surface area contributed by atoms with Gasteiger partial charge in [0.2, 0.25) is 0 Å². The van der Waals surface area contributed by atoms with E-state index in [0.717, 1.165) is 24.2 Å². The van der Waals surface area contributed by atoms with Crippen LogP contribution in [0.15, 0.2) is 53.9 Å². The molecule has 0 atom stereocenters. The highest BCUT2D eigenvalue weighted by atomic mass is 32.2. The lowest BCUT2D eigenvalue weighted by Gasteiger charge is -2.35. The smallest absolute Gasteiger partial charge is 0.396 e. The second-order valence-corrected chi connectivity index (χ2v) is 11.9. The summed E-state index contributed by atoms with van der Waals surface area (Å²) in [6.45, 7) is 2.03. The Bertz CT molecular complexity index is 1500. The van der Waals surface area contributed by atoms with Crippen molar-refractivity contribution in [3.8, 4) is 11.3 Å². The van der Waals surface area contributed by atoms with Crippen LogP contribution in [0.25, 0.3) is 16.9 Å². The van der Waals surface area contributed by atoms with Crippen LogP contribution in [0.1, 0.15) is 12.0 Å². The molecule has 3 aromatic rings. The zero-order valence-electron chi connectivity index (χ0n) is 23.2. The number of alkyl halides is 3. The quantitative estimate of drug-likeness (QED) is 0.196. The fourth-order valence-corrected chi connectivity index (χ4v) is 5.41. The van der Waals surface area contributed by atoms with E-state index in [1.165, 1.54) is 22.7 Å². The van der Waals surface area contributed by atoms with Gasteiger partial charge in [0.05, 0.1) is 18.1 Å². The van der Waals surface area contributed by atoms with Crippen molar-refractivity contribution in [1.82, 2.24) is 28.2 Å². The number of imidazole rings is 1. The monoisotopic (exact) mass is 610 g/mol. The number of pyridine rings is 1. The molecule has 12 nitrogen and oxygen atoms in total. The maximum absolute atomic E-state index is 12.3. The lowest BCUT2D eigenvalue weighted by Crippen LogP contribution is -2.51. The number of aromatic nitrogens is 2. The van der Waals surface area contributed by atoms with Crippen LogP contribution in [0.2, 0.25) is 0 Å². The summed E-state index contributed by atoms with van der Waals surface area (Å²) in [7, 11) is -0.310. The maximum Gasteiger partial charge on any atom is 0.405 e. The fraction of sp³-hybridized carbons (Fsp3) is 0.423. The Morgan fingerprint density at radius 1 is 1.17 bits per heavy atom. The Morgan fingerprint density at radius 3 is 2.64 bits per heavy atom. The van der Waals surface area contributed by atoms with Crippen molar-refractivity contribution in [3.63, 3.8) is 0 Å². The van der Waals surface area contributed by atoms with Crippen molar-refractivity contribution >= 4 is 33.8 Å². The first-order valence-electron chi connectivity index (χ1n) is 13.2. The number of carbonyl (C=O) groups excluding carboxylic acids is 1. The molecule has 4 rings (SSSR count). The average Bonchev–Trinajstić information content (AvgIpc) is 3.37. The lowest BCUT2D eigenvalue weighted by atomic mass is 10.1. The molecular weight excluding hydrogens is 577 g/mol. The summed E-state index contributed by atoms with van der Waals surface area (Å²) >= 11 is 0. The molecule has 1 aliphatic rings. The average molecular weight is 611 g/mol. The van der Waals surface area contributed by atoms with E-state index in [0.29, 0.717) is 49.7 Å². The number of nitrogens with one attached hydrogen (secondary N) is 2. The zero-order chi connectivity index (χ0) is 30.3. The van der Waals surface area contributed by atoms with Crippen LogP contribution in [-0.4, -0.2) is 110 Å². The van der Waals surface area contributed by atoms with E-state index in [4.69, 9.17) is 4.84 Å². The van der Waals surface area contributed by atoms with Gasteiger partial charge in [-0.3, -0.25) is 4.40 Å². The summed E-state index contributed by atoms with van der Waals surface area (Å²) in [5, 5.41) is 8.22. The number of carbonyl (C=O) groups is 1. The Kier molecular flexibility index (Phi) is 10.0. The number of hydrogen-bond acceptors (Lipinski definition) is 7. The van der Waals surface area contributed by atoms with Crippen LogP contribution in [0.5, 0.6) is 0 Å². The Labute approximate surface area is 241 Å². The number of anilines is 1. The highest BCUT2D eigenvalue weighted by molar-refractivity contribution is 7.86. The summed E-state index contributed by atoms with van der Waals surface area (Å²) in [6.07, 6.45) is 1.31. The largest absolute Gasteiger partial charge is 0.405 e. The molecule has 2 aromatic heterocycles. The molecule has 16 heteroatoms. The third-order valence-corrected chi connectivity index (χ3v) is 8.45. The number of hydrogen-bond donors (Lipinski definition) is 2. The number of benzene rings is 1. The summed E-state index contributed by atoms with van der Waals surface area (Å²) in [5.41, 5.74) is 3.19. The van der Waals surface area contributed by atoms with Crippen LogP contribution < -0.4 is 10.6 Å². The number of fused-ring (bicyclic) bond motifs is 1. The predicted molar refractivity (Wildman–Crippen MR) is 152 cm³/mol.